The molecule has 0 aromatic carbocycles. The predicted molar refractivity (Wildman–Crippen MR) is 52.0 cm³/mol. The van der Waals surface area contributed by atoms with E-state index >= 15 is 0 Å². The smallest absolute Gasteiger partial charge is 0.213 e. The van der Waals surface area contributed by atoms with E-state index in [1.54, 1.807) is 10.7 Å². The molecule has 2 rings (SSSR count). The van der Waals surface area contributed by atoms with Crippen molar-refractivity contribution >= 4 is 5.78 Å². The summed E-state index contributed by atoms with van der Waals surface area (Å²) in [5, 5.41) is 12.1. The summed E-state index contributed by atoms with van der Waals surface area (Å²) in [5.41, 5.74) is 0.923. The highest BCUT2D eigenvalue weighted by Gasteiger charge is 2.17. The summed E-state index contributed by atoms with van der Waals surface area (Å²) in [6.07, 6.45) is 1.77. The molecule has 0 N–H and O–H groups in total. The van der Waals surface area contributed by atoms with Crippen LogP contribution in [0.3, 0.4) is 0 Å². The second-order valence-electron chi connectivity index (χ2n) is 4.35. The molecule has 0 saturated heterocycles. The van der Waals surface area contributed by atoms with Crippen molar-refractivity contribution in [2.24, 2.45) is 0 Å². The van der Waals surface area contributed by atoms with Crippen LogP contribution in [-0.2, 0) is 5.41 Å². The van der Waals surface area contributed by atoms with Crippen LogP contribution >= 0.6 is 0 Å². The lowest BCUT2D eigenvalue weighted by Crippen LogP contribution is -2.15. The number of rotatable bonds is 0. The third-order valence-corrected chi connectivity index (χ3v) is 2.06. The first kappa shape index (κ1) is 9.05. The Morgan fingerprint density at radius 2 is 1.93 bits per heavy atom. The minimum absolute atomic E-state index is 0.00535. The van der Waals surface area contributed by atoms with Crippen molar-refractivity contribution in [3.8, 4) is 0 Å². The summed E-state index contributed by atoms with van der Waals surface area (Å²) in [5.74, 6) is 1.32. The molecule has 5 heteroatoms. The maximum Gasteiger partial charge on any atom is 0.272 e. The minimum atomic E-state index is -0.00535. The van der Waals surface area contributed by atoms with Gasteiger partial charge in [-0.2, -0.15) is 9.61 Å². The van der Waals surface area contributed by atoms with Crippen LogP contribution in [0.2, 0.25) is 0 Å². The topological polar surface area (TPSA) is 56.0 Å². The van der Waals surface area contributed by atoms with Crippen molar-refractivity contribution in [2.75, 3.05) is 0 Å². The van der Waals surface area contributed by atoms with Crippen LogP contribution in [0.15, 0.2) is 6.20 Å². The fourth-order valence-electron chi connectivity index (χ4n) is 1.16. The Labute approximate surface area is 82.2 Å². The lowest BCUT2D eigenvalue weighted by Gasteiger charge is -2.16. The molecule has 0 spiro atoms. The lowest BCUT2D eigenvalue weighted by atomic mass is 9.93. The van der Waals surface area contributed by atoms with Gasteiger partial charge in [-0.25, -0.2) is 4.98 Å². The number of aryl methyl sites for hydroxylation is 1. The lowest BCUT2D eigenvalue weighted by molar-refractivity contribution is 0.561. The Hall–Kier alpha value is -1.52. The van der Waals surface area contributed by atoms with Crippen LogP contribution in [-0.4, -0.2) is 24.8 Å². The molecule has 5 nitrogen and oxygen atoms in total. The maximum absolute atomic E-state index is 4.39. The molecule has 74 valence electrons. The van der Waals surface area contributed by atoms with Gasteiger partial charge < -0.3 is 0 Å². The largest absolute Gasteiger partial charge is 0.272 e. The van der Waals surface area contributed by atoms with Gasteiger partial charge >= 0.3 is 0 Å². The highest BCUT2D eigenvalue weighted by Crippen LogP contribution is 2.18. The fourth-order valence-corrected chi connectivity index (χ4v) is 1.16. The van der Waals surface area contributed by atoms with Crippen LogP contribution in [0.25, 0.3) is 5.78 Å². The molecule has 0 saturated carbocycles. The molecule has 2 aromatic heterocycles. The van der Waals surface area contributed by atoms with Gasteiger partial charge in [0.05, 0.1) is 11.9 Å². The van der Waals surface area contributed by atoms with Crippen LogP contribution in [0.5, 0.6) is 0 Å². The van der Waals surface area contributed by atoms with E-state index in [1.165, 1.54) is 0 Å². The SMILES string of the molecule is Cc1nnc2nc(C(C)(C)C)cnn12. The highest BCUT2D eigenvalue weighted by atomic mass is 15.4. The highest BCUT2D eigenvalue weighted by molar-refractivity contribution is 5.27. The van der Waals surface area contributed by atoms with Crippen molar-refractivity contribution in [1.29, 1.82) is 0 Å². The molecule has 2 heterocycles. The van der Waals surface area contributed by atoms with Crippen LogP contribution in [0.4, 0.5) is 0 Å². The Balaban J connectivity index is 2.63. The normalized spacial score (nSPS) is 12.3. The molecule has 0 radical (unpaired) electrons. The second kappa shape index (κ2) is 2.73. The maximum atomic E-state index is 4.39. The molecule has 14 heavy (non-hydrogen) atoms. The minimum Gasteiger partial charge on any atom is -0.213 e. The van der Waals surface area contributed by atoms with E-state index in [4.69, 9.17) is 0 Å². The summed E-state index contributed by atoms with van der Waals surface area (Å²) in [4.78, 5) is 4.39. The van der Waals surface area contributed by atoms with Gasteiger partial charge in [-0.15, -0.1) is 10.2 Å². The van der Waals surface area contributed by atoms with Gasteiger partial charge in [0.1, 0.15) is 0 Å². The molecule has 0 aliphatic heterocycles. The number of hydrogen-bond acceptors (Lipinski definition) is 4. The van der Waals surface area contributed by atoms with Gasteiger partial charge in [-0.05, 0) is 6.92 Å². The summed E-state index contributed by atoms with van der Waals surface area (Å²) in [7, 11) is 0. The Morgan fingerprint density at radius 3 is 2.57 bits per heavy atom. The fraction of sp³-hybridized carbons (Fsp3) is 0.556. The van der Waals surface area contributed by atoms with E-state index in [0.29, 0.717) is 5.78 Å². The zero-order valence-corrected chi connectivity index (χ0v) is 8.81. The quantitative estimate of drug-likeness (QED) is 0.626. The summed E-state index contributed by atoms with van der Waals surface area (Å²) in [6.45, 7) is 8.13. The Morgan fingerprint density at radius 1 is 1.21 bits per heavy atom. The first-order chi connectivity index (χ1) is 6.48. The average Bonchev–Trinajstić information content (AvgIpc) is 2.46. The average molecular weight is 191 g/mol. The number of nitrogens with zero attached hydrogens (tertiary/aromatic N) is 5. The summed E-state index contributed by atoms with van der Waals surface area (Å²) < 4.78 is 1.63. The van der Waals surface area contributed by atoms with Gasteiger partial charge in [0.2, 0.25) is 0 Å². The third-order valence-electron chi connectivity index (χ3n) is 2.06. The van der Waals surface area contributed by atoms with Crippen molar-refractivity contribution in [3.63, 3.8) is 0 Å². The van der Waals surface area contributed by atoms with Crippen molar-refractivity contribution in [2.45, 2.75) is 33.1 Å². The number of hydrogen-bond donors (Lipinski definition) is 0. The van der Waals surface area contributed by atoms with Gasteiger partial charge in [0, 0.05) is 5.41 Å². The van der Waals surface area contributed by atoms with Crippen LogP contribution in [0.1, 0.15) is 32.3 Å². The van der Waals surface area contributed by atoms with Gasteiger partial charge in [0.15, 0.2) is 5.82 Å². The molecular weight excluding hydrogens is 178 g/mol. The van der Waals surface area contributed by atoms with Gasteiger partial charge in [-0.3, -0.25) is 0 Å². The molecule has 0 bridgehead atoms. The van der Waals surface area contributed by atoms with Gasteiger partial charge in [0.25, 0.3) is 5.78 Å². The van der Waals surface area contributed by atoms with Crippen LogP contribution < -0.4 is 0 Å². The van der Waals surface area contributed by atoms with E-state index in [-0.39, 0.29) is 5.41 Å². The molecule has 0 fully saturated rings. The van der Waals surface area contributed by atoms with Gasteiger partial charge in [-0.1, -0.05) is 20.8 Å². The Bertz CT molecular complexity index is 465. The number of fused-ring (bicyclic) bond motifs is 1. The molecule has 0 atom stereocenters. The first-order valence-corrected chi connectivity index (χ1v) is 4.54. The molecule has 0 aliphatic rings. The summed E-state index contributed by atoms with van der Waals surface area (Å²) in [6, 6.07) is 0. The van der Waals surface area contributed by atoms with E-state index in [1.807, 2.05) is 6.92 Å². The molecule has 0 aliphatic carbocycles. The van der Waals surface area contributed by atoms with E-state index in [2.05, 4.69) is 41.1 Å². The Kier molecular flexibility index (Phi) is 1.77. The second-order valence-corrected chi connectivity index (χ2v) is 4.35. The van der Waals surface area contributed by atoms with Crippen LogP contribution in [0, 0.1) is 6.92 Å². The predicted octanol–water partition coefficient (Wildman–Crippen LogP) is 1.13. The van der Waals surface area contributed by atoms with Crippen molar-refractivity contribution in [3.05, 3.63) is 17.7 Å². The summed E-state index contributed by atoms with van der Waals surface area (Å²) >= 11 is 0. The van der Waals surface area contributed by atoms with E-state index < -0.39 is 0 Å². The molecule has 0 amide bonds. The molecule has 0 unspecified atom stereocenters. The molecular formula is C9H13N5. The van der Waals surface area contributed by atoms with E-state index in [0.717, 1.165) is 11.5 Å². The van der Waals surface area contributed by atoms with Crippen molar-refractivity contribution in [1.82, 2.24) is 24.8 Å². The number of aromatic nitrogens is 5. The standard InChI is InChI=1S/C9H13N5/c1-6-12-13-8-11-7(9(2,3)4)5-10-14(6)8/h5H,1-4H3. The zero-order chi connectivity index (χ0) is 10.3. The monoisotopic (exact) mass is 191 g/mol. The van der Waals surface area contributed by atoms with Crippen molar-refractivity contribution < 1.29 is 0 Å². The molecule has 2 aromatic rings. The first-order valence-electron chi connectivity index (χ1n) is 4.54. The van der Waals surface area contributed by atoms with E-state index in [9.17, 15) is 0 Å². The third kappa shape index (κ3) is 1.34. The zero-order valence-electron chi connectivity index (χ0n) is 8.81.